The molecule has 1 unspecified atom stereocenters. The van der Waals surface area contributed by atoms with Gasteiger partial charge in [0.15, 0.2) is 0 Å². The topological polar surface area (TPSA) is 49.4 Å². The van der Waals surface area contributed by atoms with E-state index in [0.29, 0.717) is 31.2 Å². The van der Waals surface area contributed by atoms with Crippen LogP contribution in [0.5, 0.6) is 0 Å². The van der Waals surface area contributed by atoms with Gasteiger partial charge in [0.1, 0.15) is 0 Å². The van der Waals surface area contributed by atoms with Crippen LogP contribution < -0.4 is 5.32 Å². The van der Waals surface area contributed by atoms with Crippen molar-refractivity contribution in [3.05, 3.63) is 30.3 Å². The average molecular weight is 306 g/mol. The first-order chi connectivity index (χ1) is 10.1. The summed E-state index contributed by atoms with van der Waals surface area (Å²) in [4.78, 5) is 26.2. The summed E-state index contributed by atoms with van der Waals surface area (Å²) >= 11 is 1.75. The Morgan fingerprint density at radius 1 is 1.38 bits per heavy atom. The smallest absolute Gasteiger partial charge is 0.222 e. The second-order valence-electron chi connectivity index (χ2n) is 5.28. The number of likely N-dealkylation sites (tertiary alicyclic amines) is 1. The maximum Gasteiger partial charge on any atom is 0.222 e. The van der Waals surface area contributed by atoms with Crippen molar-refractivity contribution in [1.82, 2.24) is 10.2 Å². The minimum atomic E-state index is 0.0233. The molecule has 1 aliphatic rings. The zero-order valence-corrected chi connectivity index (χ0v) is 13.2. The van der Waals surface area contributed by atoms with E-state index < -0.39 is 0 Å². The predicted molar refractivity (Wildman–Crippen MR) is 85.2 cm³/mol. The molecule has 2 amide bonds. The van der Waals surface area contributed by atoms with Gasteiger partial charge in [-0.15, -0.1) is 11.8 Å². The standard InChI is InChI=1S/C16H22N2O2S/c1-13(21-14-6-3-2-4-7-14)12-17-15(19)9-11-18-10-5-8-16(18)20/h2-4,6-7,13H,5,8-12H2,1H3,(H,17,19). The van der Waals surface area contributed by atoms with Crippen molar-refractivity contribution >= 4 is 23.6 Å². The number of carbonyl (C=O) groups excluding carboxylic acids is 2. The molecule has 1 saturated heterocycles. The number of nitrogens with one attached hydrogen (secondary N) is 1. The SMILES string of the molecule is CC(CNC(=O)CCN1CCCC1=O)Sc1ccccc1. The fourth-order valence-electron chi connectivity index (χ4n) is 2.30. The number of hydrogen-bond acceptors (Lipinski definition) is 3. The van der Waals surface area contributed by atoms with Gasteiger partial charge in [-0.2, -0.15) is 0 Å². The monoisotopic (exact) mass is 306 g/mol. The molecule has 0 radical (unpaired) electrons. The first-order valence-electron chi connectivity index (χ1n) is 7.41. The van der Waals surface area contributed by atoms with Crippen molar-refractivity contribution in [3.63, 3.8) is 0 Å². The van der Waals surface area contributed by atoms with Crippen LogP contribution >= 0.6 is 11.8 Å². The Morgan fingerprint density at radius 3 is 2.81 bits per heavy atom. The number of benzene rings is 1. The van der Waals surface area contributed by atoms with Gasteiger partial charge < -0.3 is 10.2 Å². The number of nitrogens with zero attached hydrogens (tertiary/aromatic N) is 1. The van der Waals surface area contributed by atoms with E-state index in [9.17, 15) is 9.59 Å². The second kappa shape index (κ2) is 8.08. The lowest BCUT2D eigenvalue weighted by Crippen LogP contribution is -2.34. The maximum atomic E-state index is 11.8. The van der Waals surface area contributed by atoms with Crippen LogP contribution in [0.1, 0.15) is 26.2 Å². The van der Waals surface area contributed by atoms with Crippen LogP contribution in [0, 0.1) is 0 Å². The lowest BCUT2D eigenvalue weighted by atomic mass is 10.3. The summed E-state index contributed by atoms with van der Waals surface area (Å²) in [5.74, 6) is 0.200. The fraction of sp³-hybridized carbons (Fsp3) is 0.500. The van der Waals surface area contributed by atoms with Gasteiger partial charge in [-0.25, -0.2) is 0 Å². The molecule has 1 fully saturated rings. The maximum absolute atomic E-state index is 11.8. The second-order valence-corrected chi connectivity index (χ2v) is 6.79. The Hall–Kier alpha value is -1.49. The number of hydrogen-bond donors (Lipinski definition) is 1. The van der Waals surface area contributed by atoms with Crippen molar-refractivity contribution in [2.75, 3.05) is 19.6 Å². The number of rotatable bonds is 7. The Bertz CT molecular complexity index is 478. The summed E-state index contributed by atoms with van der Waals surface area (Å²) in [6.45, 7) is 4.09. The average Bonchev–Trinajstić information content (AvgIpc) is 2.89. The van der Waals surface area contributed by atoms with E-state index in [1.807, 2.05) is 18.2 Å². The third-order valence-electron chi connectivity index (χ3n) is 3.45. The highest BCUT2D eigenvalue weighted by Crippen LogP contribution is 2.21. The van der Waals surface area contributed by atoms with Gasteiger partial charge >= 0.3 is 0 Å². The highest BCUT2D eigenvalue weighted by molar-refractivity contribution is 8.00. The van der Waals surface area contributed by atoms with Gasteiger partial charge in [0.25, 0.3) is 0 Å². The van der Waals surface area contributed by atoms with Gasteiger partial charge in [0.2, 0.25) is 11.8 Å². The number of amides is 2. The summed E-state index contributed by atoms with van der Waals surface area (Å²) in [5, 5.41) is 3.27. The van der Waals surface area contributed by atoms with Crippen molar-refractivity contribution < 1.29 is 9.59 Å². The number of carbonyl (C=O) groups is 2. The summed E-state index contributed by atoms with van der Waals surface area (Å²) in [6, 6.07) is 10.2. The molecule has 1 N–H and O–H groups in total. The first-order valence-corrected chi connectivity index (χ1v) is 8.29. The normalized spacial score (nSPS) is 16.0. The Kier molecular flexibility index (Phi) is 6.11. The molecule has 0 aliphatic carbocycles. The van der Waals surface area contributed by atoms with Crippen molar-refractivity contribution in [1.29, 1.82) is 0 Å². The zero-order chi connectivity index (χ0) is 15.1. The molecule has 1 aliphatic heterocycles. The van der Waals surface area contributed by atoms with E-state index in [2.05, 4.69) is 24.4 Å². The highest BCUT2D eigenvalue weighted by atomic mass is 32.2. The lowest BCUT2D eigenvalue weighted by Gasteiger charge is -2.16. The fourth-order valence-corrected chi connectivity index (χ4v) is 3.24. The van der Waals surface area contributed by atoms with Gasteiger partial charge in [0.05, 0.1) is 0 Å². The molecule has 5 heteroatoms. The summed E-state index contributed by atoms with van der Waals surface area (Å²) in [6.07, 6.45) is 1.95. The molecule has 114 valence electrons. The van der Waals surface area contributed by atoms with Crippen LogP contribution in [0.3, 0.4) is 0 Å². The minimum Gasteiger partial charge on any atom is -0.355 e. The van der Waals surface area contributed by atoms with Gasteiger partial charge in [0, 0.05) is 42.6 Å². The van der Waals surface area contributed by atoms with Crippen LogP contribution in [-0.2, 0) is 9.59 Å². The summed E-state index contributed by atoms with van der Waals surface area (Å²) < 4.78 is 0. The molecule has 0 bridgehead atoms. The predicted octanol–water partition coefficient (Wildman–Crippen LogP) is 2.30. The van der Waals surface area contributed by atoms with E-state index in [4.69, 9.17) is 0 Å². The molecule has 1 aromatic rings. The quantitative estimate of drug-likeness (QED) is 0.786. The summed E-state index contributed by atoms with van der Waals surface area (Å²) in [7, 11) is 0. The van der Waals surface area contributed by atoms with E-state index >= 15 is 0 Å². The molecular weight excluding hydrogens is 284 g/mol. The largest absolute Gasteiger partial charge is 0.355 e. The van der Waals surface area contributed by atoms with E-state index in [1.54, 1.807) is 16.7 Å². The third-order valence-corrected chi connectivity index (χ3v) is 4.56. The van der Waals surface area contributed by atoms with Crippen LogP contribution in [0.15, 0.2) is 35.2 Å². The van der Waals surface area contributed by atoms with Gasteiger partial charge in [-0.05, 0) is 18.6 Å². The Labute approximate surface area is 130 Å². The molecule has 1 heterocycles. The number of thioether (sulfide) groups is 1. The first kappa shape index (κ1) is 15.9. The molecule has 1 atom stereocenters. The minimum absolute atomic E-state index is 0.0233. The molecular formula is C16H22N2O2S. The van der Waals surface area contributed by atoms with Crippen LogP contribution in [0.2, 0.25) is 0 Å². The molecule has 0 aromatic heterocycles. The van der Waals surface area contributed by atoms with Gasteiger partial charge in [-0.1, -0.05) is 25.1 Å². The van der Waals surface area contributed by atoms with Crippen LogP contribution in [0.25, 0.3) is 0 Å². The summed E-state index contributed by atoms with van der Waals surface area (Å²) in [5.41, 5.74) is 0. The molecule has 0 saturated carbocycles. The molecule has 2 rings (SSSR count). The molecule has 0 spiro atoms. The van der Waals surface area contributed by atoms with E-state index in [0.717, 1.165) is 13.0 Å². The van der Waals surface area contributed by atoms with E-state index in [1.165, 1.54) is 4.90 Å². The van der Waals surface area contributed by atoms with Crippen molar-refractivity contribution in [3.8, 4) is 0 Å². The zero-order valence-electron chi connectivity index (χ0n) is 12.4. The van der Waals surface area contributed by atoms with E-state index in [-0.39, 0.29) is 11.8 Å². The lowest BCUT2D eigenvalue weighted by molar-refractivity contribution is -0.128. The Balaban J connectivity index is 1.63. The Morgan fingerprint density at radius 2 is 2.14 bits per heavy atom. The van der Waals surface area contributed by atoms with Gasteiger partial charge in [-0.3, -0.25) is 9.59 Å². The molecule has 21 heavy (non-hydrogen) atoms. The highest BCUT2D eigenvalue weighted by Gasteiger charge is 2.20. The van der Waals surface area contributed by atoms with Crippen LogP contribution in [-0.4, -0.2) is 41.6 Å². The van der Waals surface area contributed by atoms with Crippen molar-refractivity contribution in [2.45, 2.75) is 36.3 Å². The molecule has 4 nitrogen and oxygen atoms in total. The molecule has 1 aromatic carbocycles. The third kappa shape index (κ3) is 5.42. The van der Waals surface area contributed by atoms with Crippen molar-refractivity contribution in [2.24, 2.45) is 0 Å². The van der Waals surface area contributed by atoms with Crippen LogP contribution in [0.4, 0.5) is 0 Å².